The van der Waals surface area contributed by atoms with Crippen LogP contribution in [0.25, 0.3) is 0 Å². The minimum Gasteiger partial charge on any atom is -0.308 e. The average Bonchev–Trinajstić information content (AvgIpc) is 2.38. The lowest BCUT2D eigenvalue weighted by Gasteiger charge is -2.21. The van der Waals surface area contributed by atoms with Gasteiger partial charge in [0.25, 0.3) is 0 Å². The third-order valence-electron chi connectivity index (χ3n) is 3.46. The Hall–Kier alpha value is -0.540. The maximum Gasteiger partial charge on any atom is 0.0962 e. The quantitative estimate of drug-likeness (QED) is 0.884. The van der Waals surface area contributed by atoms with Crippen LogP contribution in [-0.2, 0) is 6.54 Å². The van der Waals surface area contributed by atoms with Gasteiger partial charge >= 0.3 is 0 Å². The van der Waals surface area contributed by atoms with Gasteiger partial charge in [0.2, 0.25) is 0 Å². The van der Waals surface area contributed by atoms with Crippen molar-refractivity contribution < 1.29 is 0 Å². The van der Waals surface area contributed by atoms with E-state index >= 15 is 0 Å². The van der Waals surface area contributed by atoms with Gasteiger partial charge in [0.1, 0.15) is 0 Å². The number of hydrogen-bond acceptors (Lipinski definition) is 3. The molecule has 0 saturated heterocycles. The third kappa shape index (κ3) is 5.53. The van der Waals surface area contributed by atoms with Crippen molar-refractivity contribution in [3.8, 4) is 0 Å². The molecule has 0 aliphatic heterocycles. The number of hydrogen-bond donors (Lipinski definition) is 1. The van der Waals surface area contributed by atoms with Gasteiger partial charge in [-0.2, -0.15) is 0 Å². The van der Waals surface area contributed by atoms with Gasteiger partial charge in [-0.3, -0.25) is 0 Å². The zero-order valence-corrected chi connectivity index (χ0v) is 13.2. The fourth-order valence-electron chi connectivity index (χ4n) is 2.31. The minimum atomic E-state index is 0.162. The lowest BCUT2D eigenvalue weighted by atomic mass is 10.0. The van der Waals surface area contributed by atoms with Gasteiger partial charge in [0.15, 0.2) is 0 Å². The molecule has 1 saturated carbocycles. The molecule has 3 heteroatoms. The summed E-state index contributed by atoms with van der Waals surface area (Å²) >= 11 is 1.97. The summed E-state index contributed by atoms with van der Waals surface area (Å²) in [5.74, 6) is 0. The van der Waals surface area contributed by atoms with Crippen LogP contribution in [0, 0.1) is 0 Å². The SMILES string of the molecule is CC(C)(C)NCc1ccc(SC2CCCCC2)nc1. The Kier molecular flexibility index (Phi) is 5.28. The van der Waals surface area contributed by atoms with Gasteiger partial charge in [0.05, 0.1) is 5.03 Å². The maximum atomic E-state index is 4.60. The summed E-state index contributed by atoms with van der Waals surface area (Å²) in [6.07, 6.45) is 8.95. The molecule has 1 heterocycles. The van der Waals surface area contributed by atoms with Crippen LogP contribution in [0.5, 0.6) is 0 Å². The van der Waals surface area contributed by atoms with Gasteiger partial charge in [-0.1, -0.05) is 25.3 Å². The highest BCUT2D eigenvalue weighted by atomic mass is 32.2. The Bertz CT molecular complexity index is 375. The molecule has 0 spiro atoms. The summed E-state index contributed by atoms with van der Waals surface area (Å²) in [6.45, 7) is 7.46. The zero-order chi connectivity index (χ0) is 13.7. The van der Waals surface area contributed by atoms with Gasteiger partial charge in [0, 0.05) is 23.5 Å². The third-order valence-corrected chi connectivity index (χ3v) is 4.75. The van der Waals surface area contributed by atoms with E-state index in [0.717, 1.165) is 11.8 Å². The summed E-state index contributed by atoms with van der Waals surface area (Å²) in [6, 6.07) is 4.38. The maximum absolute atomic E-state index is 4.60. The molecule has 0 bridgehead atoms. The van der Waals surface area contributed by atoms with Crippen LogP contribution in [0.1, 0.15) is 58.4 Å². The van der Waals surface area contributed by atoms with Crippen molar-refractivity contribution in [3.05, 3.63) is 23.9 Å². The first kappa shape index (κ1) is 14.9. The highest BCUT2D eigenvalue weighted by Gasteiger charge is 2.15. The molecule has 1 aromatic heterocycles. The van der Waals surface area contributed by atoms with E-state index in [2.05, 4.69) is 43.2 Å². The van der Waals surface area contributed by atoms with E-state index in [9.17, 15) is 0 Å². The average molecular weight is 278 g/mol. The molecule has 0 aromatic carbocycles. The molecule has 0 amide bonds. The summed E-state index contributed by atoms with van der Waals surface area (Å²) in [5.41, 5.74) is 1.43. The van der Waals surface area contributed by atoms with E-state index in [1.807, 2.05) is 18.0 Å². The highest BCUT2D eigenvalue weighted by molar-refractivity contribution is 7.99. The predicted molar refractivity (Wildman–Crippen MR) is 83.6 cm³/mol. The van der Waals surface area contributed by atoms with Crippen LogP contribution in [-0.4, -0.2) is 15.8 Å². The van der Waals surface area contributed by atoms with Crippen LogP contribution in [0.4, 0.5) is 0 Å². The highest BCUT2D eigenvalue weighted by Crippen LogP contribution is 2.32. The molecule has 1 aliphatic rings. The molecule has 2 nitrogen and oxygen atoms in total. The molecule has 1 N–H and O–H groups in total. The van der Waals surface area contributed by atoms with E-state index in [0.29, 0.717) is 0 Å². The van der Waals surface area contributed by atoms with Crippen LogP contribution in [0.3, 0.4) is 0 Å². The Labute approximate surface area is 121 Å². The van der Waals surface area contributed by atoms with Crippen LogP contribution in [0.15, 0.2) is 23.4 Å². The van der Waals surface area contributed by atoms with E-state index < -0.39 is 0 Å². The van der Waals surface area contributed by atoms with Gasteiger partial charge < -0.3 is 5.32 Å². The van der Waals surface area contributed by atoms with Crippen molar-refractivity contribution in [2.45, 2.75) is 75.2 Å². The van der Waals surface area contributed by atoms with Crippen molar-refractivity contribution in [2.24, 2.45) is 0 Å². The van der Waals surface area contributed by atoms with Crippen molar-refractivity contribution >= 4 is 11.8 Å². The number of rotatable bonds is 4. The van der Waals surface area contributed by atoms with E-state index in [-0.39, 0.29) is 5.54 Å². The topological polar surface area (TPSA) is 24.9 Å². The second kappa shape index (κ2) is 6.76. The molecular weight excluding hydrogens is 252 g/mol. The normalized spacial score (nSPS) is 17.6. The first-order valence-electron chi connectivity index (χ1n) is 7.39. The zero-order valence-electron chi connectivity index (χ0n) is 12.4. The molecule has 0 atom stereocenters. The largest absolute Gasteiger partial charge is 0.308 e. The standard InChI is InChI=1S/C16H26N2S/c1-16(2,3)18-12-13-9-10-15(17-11-13)19-14-7-5-4-6-8-14/h9-11,14,18H,4-8,12H2,1-3H3. The molecule has 1 fully saturated rings. The Morgan fingerprint density at radius 1 is 1.21 bits per heavy atom. The van der Waals surface area contributed by atoms with Crippen molar-refractivity contribution in [1.82, 2.24) is 10.3 Å². The smallest absolute Gasteiger partial charge is 0.0962 e. The second-order valence-corrected chi connectivity index (χ2v) is 7.81. The lowest BCUT2D eigenvalue weighted by molar-refractivity contribution is 0.424. The van der Waals surface area contributed by atoms with Crippen molar-refractivity contribution in [1.29, 1.82) is 0 Å². The molecule has 106 valence electrons. The van der Waals surface area contributed by atoms with Crippen LogP contribution >= 0.6 is 11.8 Å². The van der Waals surface area contributed by atoms with Crippen molar-refractivity contribution in [2.75, 3.05) is 0 Å². The first-order chi connectivity index (χ1) is 9.03. The van der Waals surface area contributed by atoms with Crippen LogP contribution in [0.2, 0.25) is 0 Å². The second-order valence-electron chi connectivity index (χ2n) is 6.49. The Balaban J connectivity index is 1.83. The number of nitrogens with one attached hydrogen (secondary N) is 1. The minimum absolute atomic E-state index is 0.162. The molecule has 1 aliphatic carbocycles. The predicted octanol–water partition coefficient (Wildman–Crippen LogP) is 4.39. The molecule has 1 aromatic rings. The number of thioether (sulfide) groups is 1. The summed E-state index contributed by atoms with van der Waals surface area (Å²) in [4.78, 5) is 4.60. The lowest BCUT2D eigenvalue weighted by Crippen LogP contribution is -2.35. The molecule has 2 rings (SSSR count). The summed E-state index contributed by atoms with van der Waals surface area (Å²) in [5, 5.41) is 5.47. The Morgan fingerprint density at radius 2 is 1.95 bits per heavy atom. The first-order valence-corrected chi connectivity index (χ1v) is 8.27. The van der Waals surface area contributed by atoms with Gasteiger partial charge in [-0.25, -0.2) is 4.98 Å². The fraction of sp³-hybridized carbons (Fsp3) is 0.688. The van der Waals surface area contributed by atoms with Gasteiger partial charge in [-0.15, -0.1) is 11.8 Å². The Morgan fingerprint density at radius 3 is 2.53 bits per heavy atom. The fourth-order valence-corrected chi connectivity index (χ4v) is 3.48. The number of nitrogens with zero attached hydrogens (tertiary/aromatic N) is 1. The molecule has 19 heavy (non-hydrogen) atoms. The van der Waals surface area contributed by atoms with Gasteiger partial charge in [-0.05, 0) is 45.2 Å². The van der Waals surface area contributed by atoms with Crippen LogP contribution < -0.4 is 5.32 Å². The van der Waals surface area contributed by atoms with E-state index in [1.54, 1.807) is 0 Å². The van der Waals surface area contributed by atoms with E-state index in [1.165, 1.54) is 42.7 Å². The summed E-state index contributed by atoms with van der Waals surface area (Å²) < 4.78 is 0. The molecular formula is C16H26N2S. The van der Waals surface area contributed by atoms with E-state index in [4.69, 9.17) is 0 Å². The monoisotopic (exact) mass is 278 g/mol. The van der Waals surface area contributed by atoms with Crippen molar-refractivity contribution in [3.63, 3.8) is 0 Å². The molecule has 0 unspecified atom stereocenters. The molecule has 0 radical (unpaired) electrons. The number of pyridine rings is 1. The number of aromatic nitrogens is 1. The summed E-state index contributed by atoms with van der Waals surface area (Å²) in [7, 11) is 0.